The molecule has 0 amide bonds. The summed E-state index contributed by atoms with van der Waals surface area (Å²) in [6.45, 7) is 8.39. The van der Waals surface area contributed by atoms with Crippen LogP contribution in [0.3, 0.4) is 0 Å². The van der Waals surface area contributed by atoms with Gasteiger partial charge in [-0.25, -0.2) is 14.2 Å². The molecule has 0 radical (unpaired) electrons. The van der Waals surface area contributed by atoms with Crippen molar-refractivity contribution in [2.24, 2.45) is 0 Å². The zero-order valence-electron chi connectivity index (χ0n) is 19.3. The first kappa shape index (κ1) is 20.5. The van der Waals surface area contributed by atoms with Gasteiger partial charge in [-0.05, 0) is 39.0 Å². The lowest BCUT2D eigenvalue weighted by atomic mass is 10.1. The van der Waals surface area contributed by atoms with Crippen molar-refractivity contribution in [3.8, 4) is 28.2 Å². The largest absolute Gasteiger partial charge is 0.377 e. The maximum atomic E-state index is 5.68. The highest BCUT2D eigenvalue weighted by atomic mass is 16.5. The van der Waals surface area contributed by atoms with E-state index in [1.54, 1.807) is 12.4 Å². The highest BCUT2D eigenvalue weighted by Gasteiger charge is 2.25. The van der Waals surface area contributed by atoms with Crippen molar-refractivity contribution in [3.05, 3.63) is 60.4 Å². The van der Waals surface area contributed by atoms with Gasteiger partial charge in [-0.2, -0.15) is 20.4 Å². The number of rotatable bonds is 4. The van der Waals surface area contributed by atoms with Gasteiger partial charge >= 0.3 is 0 Å². The van der Waals surface area contributed by atoms with Crippen LogP contribution in [0.5, 0.6) is 0 Å². The van der Waals surface area contributed by atoms with Gasteiger partial charge in [-0.15, -0.1) is 0 Å². The van der Waals surface area contributed by atoms with Crippen LogP contribution >= 0.6 is 0 Å². The normalized spacial score (nSPS) is 16.4. The van der Waals surface area contributed by atoms with Gasteiger partial charge in [-0.1, -0.05) is 0 Å². The molecule has 0 spiro atoms. The van der Waals surface area contributed by atoms with Gasteiger partial charge in [0.25, 0.3) is 0 Å². The number of nitrogens with one attached hydrogen (secondary N) is 1. The number of aryl methyl sites for hydroxylation is 1. The van der Waals surface area contributed by atoms with Crippen LogP contribution in [0, 0.1) is 13.8 Å². The van der Waals surface area contributed by atoms with Crippen molar-refractivity contribution in [1.82, 2.24) is 39.6 Å². The number of hydrogen-bond acceptors (Lipinski definition) is 7. The number of nitrogens with zero attached hydrogens (tertiary/aromatic N) is 8. The first-order chi connectivity index (χ1) is 16.6. The lowest BCUT2D eigenvalue weighted by Crippen LogP contribution is -2.44. The summed E-state index contributed by atoms with van der Waals surface area (Å²) < 4.78 is 9.49. The summed E-state index contributed by atoms with van der Waals surface area (Å²) in [5.74, 6) is 0.906. The van der Waals surface area contributed by atoms with E-state index in [1.807, 2.05) is 46.7 Å². The minimum atomic E-state index is 0.223. The minimum absolute atomic E-state index is 0.223. The fourth-order valence-electron chi connectivity index (χ4n) is 4.70. The van der Waals surface area contributed by atoms with Gasteiger partial charge in [0.15, 0.2) is 5.65 Å². The first-order valence-corrected chi connectivity index (χ1v) is 11.3. The number of ether oxygens (including phenoxy) is 1. The van der Waals surface area contributed by atoms with E-state index in [-0.39, 0.29) is 6.04 Å². The minimum Gasteiger partial charge on any atom is -0.377 e. The van der Waals surface area contributed by atoms with Crippen LogP contribution in [0.15, 0.2) is 49.1 Å². The summed E-state index contributed by atoms with van der Waals surface area (Å²) in [5.41, 5.74) is 7.46. The smallest absolute Gasteiger partial charge is 0.167 e. The lowest BCUT2D eigenvalue weighted by molar-refractivity contribution is 0.0985. The van der Waals surface area contributed by atoms with Crippen molar-refractivity contribution in [2.75, 3.05) is 24.7 Å². The van der Waals surface area contributed by atoms with Gasteiger partial charge in [-0.3, -0.25) is 0 Å². The molecule has 1 saturated heterocycles. The predicted molar refractivity (Wildman–Crippen MR) is 128 cm³/mol. The van der Waals surface area contributed by atoms with E-state index in [0.29, 0.717) is 13.2 Å². The zero-order valence-corrected chi connectivity index (χ0v) is 19.3. The Balaban J connectivity index is 1.60. The monoisotopic (exact) mass is 455 g/mol. The highest BCUT2D eigenvalue weighted by Crippen LogP contribution is 2.34. The highest BCUT2D eigenvalue weighted by molar-refractivity contribution is 5.80. The maximum absolute atomic E-state index is 5.68. The number of H-pyrrole nitrogens is 1. The number of fused-ring (bicyclic) bond motifs is 1. The van der Waals surface area contributed by atoms with Gasteiger partial charge in [0.05, 0.1) is 71.9 Å². The number of aromatic amines is 1. The first-order valence-electron chi connectivity index (χ1n) is 11.3. The van der Waals surface area contributed by atoms with E-state index < -0.39 is 0 Å². The SMILES string of the molecule is Cc1nn(-c2ccnnc2)c(C)c1-c1cc(N2CCOC[C@H]2C)nc2c(-c3ccc[nH]3)cnn12. The Morgan fingerprint density at radius 2 is 2.06 bits per heavy atom. The molecule has 1 aliphatic rings. The molecule has 0 saturated carbocycles. The van der Waals surface area contributed by atoms with Crippen molar-refractivity contribution >= 4 is 11.5 Å². The van der Waals surface area contributed by atoms with Crippen molar-refractivity contribution in [2.45, 2.75) is 26.8 Å². The molecule has 0 bridgehead atoms. The van der Waals surface area contributed by atoms with Crippen LogP contribution in [0.25, 0.3) is 33.8 Å². The molecule has 1 atom stereocenters. The summed E-state index contributed by atoms with van der Waals surface area (Å²) in [4.78, 5) is 10.7. The van der Waals surface area contributed by atoms with Gasteiger partial charge in [0.1, 0.15) is 5.82 Å². The van der Waals surface area contributed by atoms with Crippen LogP contribution in [-0.2, 0) is 4.74 Å². The van der Waals surface area contributed by atoms with E-state index >= 15 is 0 Å². The molecule has 0 aliphatic carbocycles. The molecule has 1 N–H and O–H groups in total. The maximum Gasteiger partial charge on any atom is 0.167 e. The van der Waals surface area contributed by atoms with E-state index in [1.165, 1.54) is 0 Å². The molecule has 10 heteroatoms. The average Bonchev–Trinajstić information content (AvgIpc) is 3.58. The quantitative estimate of drug-likeness (QED) is 0.444. The summed E-state index contributed by atoms with van der Waals surface area (Å²) >= 11 is 0. The van der Waals surface area contributed by atoms with Crippen molar-refractivity contribution < 1.29 is 4.74 Å². The molecule has 1 aliphatic heterocycles. The van der Waals surface area contributed by atoms with Crippen LogP contribution < -0.4 is 4.90 Å². The molecule has 0 aromatic carbocycles. The average molecular weight is 456 g/mol. The summed E-state index contributed by atoms with van der Waals surface area (Å²) in [7, 11) is 0. The Morgan fingerprint density at radius 1 is 1.15 bits per heavy atom. The Morgan fingerprint density at radius 3 is 2.82 bits per heavy atom. The van der Waals surface area contributed by atoms with Gasteiger partial charge in [0.2, 0.25) is 0 Å². The number of anilines is 1. The van der Waals surface area contributed by atoms with E-state index in [9.17, 15) is 0 Å². The summed E-state index contributed by atoms with van der Waals surface area (Å²) in [6, 6.07) is 8.26. The number of hydrogen-bond donors (Lipinski definition) is 1. The molecular weight excluding hydrogens is 430 g/mol. The Kier molecular flexibility index (Phi) is 4.88. The zero-order chi connectivity index (χ0) is 23.2. The standard InChI is InChI=1S/C24H25N9O/c1-15-14-34-10-9-31(15)22-11-21(33-24(29-22)19(13-28-33)20-5-4-7-25-20)23-16(2)30-32(17(23)3)18-6-8-26-27-12-18/h4-8,11-13,15,25H,9-10,14H2,1-3H3/t15-/m1/s1. The molecule has 34 heavy (non-hydrogen) atoms. The second-order valence-corrected chi connectivity index (χ2v) is 8.55. The fourth-order valence-corrected chi connectivity index (χ4v) is 4.70. The molecule has 172 valence electrons. The second-order valence-electron chi connectivity index (χ2n) is 8.55. The second kappa shape index (κ2) is 8.07. The Hall–Kier alpha value is -4.05. The third-order valence-corrected chi connectivity index (χ3v) is 6.37. The molecule has 0 unspecified atom stereocenters. The molecule has 6 heterocycles. The van der Waals surface area contributed by atoms with E-state index in [4.69, 9.17) is 19.9 Å². The van der Waals surface area contributed by atoms with Crippen molar-refractivity contribution in [3.63, 3.8) is 0 Å². The van der Waals surface area contributed by atoms with Crippen LogP contribution in [0.4, 0.5) is 5.82 Å². The van der Waals surface area contributed by atoms with Crippen LogP contribution in [-0.4, -0.2) is 65.4 Å². The van der Waals surface area contributed by atoms with E-state index in [2.05, 4.69) is 40.0 Å². The third-order valence-electron chi connectivity index (χ3n) is 6.37. The summed E-state index contributed by atoms with van der Waals surface area (Å²) in [5, 5.41) is 17.5. The molecule has 5 aromatic rings. The van der Waals surface area contributed by atoms with Crippen LogP contribution in [0.1, 0.15) is 18.3 Å². The van der Waals surface area contributed by atoms with Crippen molar-refractivity contribution in [1.29, 1.82) is 0 Å². The van der Waals surface area contributed by atoms with E-state index in [0.717, 1.165) is 57.6 Å². The van der Waals surface area contributed by atoms with Gasteiger partial charge < -0.3 is 14.6 Å². The Labute approximate surface area is 196 Å². The third kappa shape index (κ3) is 3.26. The molecule has 5 aromatic heterocycles. The lowest BCUT2D eigenvalue weighted by Gasteiger charge is -2.34. The molecule has 1 fully saturated rings. The topological polar surface area (TPSA) is 102 Å². The Bertz CT molecular complexity index is 1450. The van der Waals surface area contributed by atoms with Crippen LogP contribution in [0.2, 0.25) is 0 Å². The van der Waals surface area contributed by atoms with Gasteiger partial charge in [0, 0.05) is 24.4 Å². The number of morpholine rings is 1. The molecular formula is C24H25N9O. The predicted octanol–water partition coefficient (Wildman–Crippen LogP) is 3.21. The molecule has 6 rings (SSSR count). The number of aromatic nitrogens is 8. The fraction of sp³-hybridized carbons (Fsp3) is 0.292. The molecule has 10 nitrogen and oxygen atoms in total. The summed E-state index contributed by atoms with van der Waals surface area (Å²) in [6.07, 6.45) is 7.16.